The van der Waals surface area contributed by atoms with Gasteiger partial charge in [-0.25, -0.2) is 0 Å². The molecule has 1 aliphatic heterocycles. The molecule has 2 heterocycles. The van der Waals surface area contributed by atoms with Gasteiger partial charge in [-0.3, -0.25) is 5.10 Å². The first-order chi connectivity index (χ1) is 14.6. The van der Waals surface area contributed by atoms with Gasteiger partial charge in [0.05, 0.1) is 11.5 Å². The summed E-state index contributed by atoms with van der Waals surface area (Å²) >= 11 is 3.45. The van der Waals surface area contributed by atoms with Crippen LogP contribution in [0, 0.1) is 11.3 Å². The minimum atomic E-state index is -0.403. The molecule has 0 saturated heterocycles. The lowest BCUT2D eigenvalue weighted by molar-refractivity contribution is 0.301. The lowest BCUT2D eigenvalue weighted by Gasteiger charge is -2.25. The van der Waals surface area contributed by atoms with Gasteiger partial charge in [-0.15, -0.1) is 5.10 Å². The van der Waals surface area contributed by atoms with Gasteiger partial charge in [0.15, 0.2) is 0 Å². The highest BCUT2D eigenvalue weighted by molar-refractivity contribution is 9.10. The molecule has 0 amide bonds. The summed E-state index contributed by atoms with van der Waals surface area (Å²) in [5.41, 5.74) is 10.1. The Morgan fingerprint density at radius 3 is 2.73 bits per heavy atom. The molecule has 1 atom stereocenters. The number of hydrogen-bond acceptors (Lipinski definition) is 5. The van der Waals surface area contributed by atoms with Crippen molar-refractivity contribution in [1.29, 1.82) is 5.26 Å². The number of hydrogen-bond donors (Lipinski definition) is 2. The minimum Gasteiger partial charge on any atom is -0.489 e. The Hall–Kier alpha value is -3.24. The van der Waals surface area contributed by atoms with Crippen LogP contribution in [0.2, 0.25) is 0 Å². The van der Waals surface area contributed by atoms with Crippen LogP contribution < -0.4 is 15.2 Å². The molecule has 7 heteroatoms. The minimum absolute atomic E-state index is 0.0762. The molecule has 0 aliphatic carbocycles. The fourth-order valence-corrected chi connectivity index (χ4v) is 3.92. The van der Waals surface area contributed by atoms with Crippen molar-refractivity contribution in [1.82, 2.24) is 10.2 Å². The molecule has 0 unspecified atom stereocenters. The topological polar surface area (TPSA) is 97.0 Å². The highest BCUT2D eigenvalue weighted by Gasteiger charge is 2.36. The van der Waals surface area contributed by atoms with E-state index in [2.05, 4.69) is 39.1 Å². The van der Waals surface area contributed by atoms with Crippen LogP contribution in [0.15, 0.2) is 64.5 Å². The van der Waals surface area contributed by atoms with Gasteiger partial charge in [0.1, 0.15) is 24.0 Å². The zero-order valence-electron chi connectivity index (χ0n) is 16.5. The molecule has 0 fully saturated rings. The van der Waals surface area contributed by atoms with Gasteiger partial charge in [0.2, 0.25) is 11.8 Å². The van der Waals surface area contributed by atoms with Crippen molar-refractivity contribution in [3.8, 4) is 17.7 Å². The first kappa shape index (κ1) is 20.0. The molecule has 1 aromatic heterocycles. The van der Waals surface area contributed by atoms with Crippen molar-refractivity contribution in [3.63, 3.8) is 0 Å². The van der Waals surface area contributed by atoms with E-state index in [4.69, 9.17) is 15.2 Å². The lowest BCUT2D eigenvalue weighted by Crippen LogP contribution is -2.21. The molecule has 2 aromatic carbocycles. The number of aromatic nitrogens is 2. The molecule has 0 bridgehead atoms. The molecule has 1 aliphatic rings. The number of para-hydroxylation sites is 1. The largest absolute Gasteiger partial charge is 0.489 e. The Morgan fingerprint density at radius 2 is 2.00 bits per heavy atom. The molecule has 3 N–H and O–H groups in total. The van der Waals surface area contributed by atoms with Crippen LogP contribution in [0.3, 0.4) is 0 Å². The summed E-state index contributed by atoms with van der Waals surface area (Å²) in [7, 11) is 0. The number of benzene rings is 2. The standard InChI is InChI=1S/C23H21BrN4O2/c1-2-5-18-21-20(17(12-25)22(26)30-23(21)28-27-18)16-6-3-4-7-19(16)29-13-14-8-10-15(24)11-9-14/h3-4,6-11,20H,2,5,13,26H2,1H3,(H,27,28)/t20-/m1/s1. The van der Waals surface area contributed by atoms with E-state index in [0.29, 0.717) is 23.8 Å². The maximum atomic E-state index is 9.86. The van der Waals surface area contributed by atoms with Crippen molar-refractivity contribution in [3.05, 3.63) is 86.8 Å². The highest BCUT2D eigenvalue weighted by atomic mass is 79.9. The molecule has 152 valence electrons. The number of halogens is 1. The van der Waals surface area contributed by atoms with Gasteiger partial charge in [-0.05, 0) is 30.2 Å². The number of allylic oxidation sites excluding steroid dienone is 1. The molecular weight excluding hydrogens is 444 g/mol. The number of H-pyrrole nitrogens is 1. The summed E-state index contributed by atoms with van der Waals surface area (Å²) in [4.78, 5) is 0. The monoisotopic (exact) mass is 464 g/mol. The van der Waals surface area contributed by atoms with Crippen LogP contribution in [0.4, 0.5) is 0 Å². The third-order valence-electron chi connectivity index (χ3n) is 5.06. The SMILES string of the molecule is CCCc1[nH]nc2c1[C@H](c1ccccc1OCc1ccc(Br)cc1)C(C#N)=C(N)O2. The molecule has 0 saturated carbocycles. The smallest absolute Gasteiger partial charge is 0.244 e. The van der Waals surface area contributed by atoms with E-state index in [1.165, 1.54) is 0 Å². The Balaban J connectivity index is 1.75. The fourth-order valence-electron chi connectivity index (χ4n) is 3.65. The number of nitrogens with one attached hydrogen (secondary N) is 1. The Labute approximate surface area is 183 Å². The number of aromatic amines is 1. The van der Waals surface area contributed by atoms with Crippen molar-refractivity contribution in [2.45, 2.75) is 32.3 Å². The average molecular weight is 465 g/mol. The van der Waals surface area contributed by atoms with E-state index in [0.717, 1.165) is 39.7 Å². The summed E-state index contributed by atoms with van der Waals surface area (Å²) < 4.78 is 12.8. The number of rotatable bonds is 6. The van der Waals surface area contributed by atoms with Gasteiger partial charge >= 0.3 is 0 Å². The van der Waals surface area contributed by atoms with Crippen molar-refractivity contribution in [2.75, 3.05) is 0 Å². The van der Waals surface area contributed by atoms with E-state index >= 15 is 0 Å². The maximum absolute atomic E-state index is 9.86. The average Bonchev–Trinajstić information content (AvgIpc) is 3.15. The molecule has 4 rings (SSSR count). The maximum Gasteiger partial charge on any atom is 0.244 e. The molecule has 30 heavy (non-hydrogen) atoms. The summed E-state index contributed by atoms with van der Waals surface area (Å²) in [6, 6.07) is 17.9. The molecular formula is C23H21BrN4O2. The first-order valence-corrected chi connectivity index (χ1v) is 10.5. The quantitative estimate of drug-likeness (QED) is 0.539. The molecule has 0 spiro atoms. The van der Waals surface area contributed by atoms with Gasteiger partial charge in [0.25, 0.3) is 0 Å². The van der Waals surface area contributed by atoms with E-state index in [-0.39, 0.29) is 5.88 Å². The van der Waals surface area contributed by atoms with Gasteiger partial charge in [-0.1, -0.05) is 59.6 Å². The Bertz CT molecular complexity index is 1130. The highest BCUT2D eigenvalue weighted by Crippen LogP contribution is 2.45. The fraction of sp³-hybridized carbons (Fsp3) is 0.217. The summed E-state index contributed by atoms with van der Waals surface area (Å²) in [5.74, 6) is 0.789. The lowest BCUT2D eigenvalue weighted by atomic mass is 9.83. The van der Waals surface area contributed by atoms with Crippen LogP contribution in [0.1, 0.15) is 41.6 Å². The summed E-state index contributed by atoms with van der Waals surface area (Å²) in [6.07, 6.45) is 1.73. The number of nitriles is 1. The number of nitrogens with zero attached hydrogens (tertiary/aromatic N) is 2. The second kappa shape index (κ2) is 8.64. The molecule has 0 radical (unpaired) electrons. The van der Waals surface area contributed by atoms with Crippen molar-refractivity contribution < 1.29 is 9.47 Å². The van der Waals surface area contributed by atoms with E-state index in [1.807, 2.05) is 48.5 Å². The third kappa shape index (κ3) is 3.79. The predicted molar refractivity (Wildman–Crippen MR) is 117 cm³/mol. The first-order valence-electron chi connectivity index (χ1n) is 9.73. The van der Waals surface area contributed by atoms with Crippen LogP contribution in [0.25, 0.3) is 0 Å². The summed E-state index contributed by atoms with van der Waals surface area (Å²) in [5, 5.41) is 17.2. The second-order valence-corrected chi connectivity index (χ2v) is 7.96. The Morgan fingerprint density at radius 1 is 1.23 bits per heavy atom. The summed E-state index contributed by atoms with van der Waals surface area (Å²) in [6.45, 7) is 2.51. The van der Waals surface area contributed by atoms with Crippen LogP contribution >= 0.6 is 15.9 Å². The third-order valence-corrected chi connectivity index (χ3v) is 5.58. The van der Waals surface area contributed by atoms with Crippen LogP contribution in [-0.2, 0) is 13.0 Å². The normalized spacial score (nSPS) is 15.3. The molecule has 3 aromatic rings. The van der Waals surface area contributed by atoms with Crippen molar-refractivity contribution >= 4 is 15.9 Å². The number of aryl methyl sites for hydroxylation is 1. The van der Waals surface area contributed by atoms with Crippen LogP contribution in [0.5, 0.6) is 11.6 Å². The van der Waals surface area contributed by atoms with Gasteiger partial charge < -0.3 is 15.2 Å². The van der Waals surface area contributed by atoms with Crippen LogP contribution in [-0.4, -0.2) is 10.2 Å². The van der Waals surface area contributed by atoms with Gasteiger partial charge in [-0.2, -0.15) is 5.26 Å². The van der Waals surface area contributed by atoms with E-state index < -0.39 is 5.92 Å². The number of fused-ring (bicyclic) bond motifs is 1. The van der Waals surface area contributed by atoms with Gasteiger partial charge in [0, 0.05) is 15.7 Å². The second-order valence-electron chi connectivity index (χ2n) is 7.05. The van der Waals surface area contributed by atoms with E-state index in [1.54, 1.807) is 0 Å². The zero-order chi connectivity index (χ0) is 21.1. The van der Waals surface area contributed by atoms with Crippen molar-refractivity contribution in [2.24, 2.45) is 5.73 Å². The number of ether oxygens (including phenoxy) is 2. The van der Waals surface area contributed by atoms with E-state index in [9.17, 15) is 5.26 Å². The number of nitrogens with two attached hydrogens (primary N) is 1. The molecule has 6 nitrogen and oxygen atoms in total. The zero-order valence-corrected chi connectivity index (χ0v) is 18.1. The predicted octanol–water partition coefficient (Wildman–Crippen LogP) is 4.92. The Kier molecular flexibility index (Phi) is 5.77.